The van der Waals surface area contributed by atoms with Crippen LogP contribution >= 0.6 is 0 Å². The number of fused-ring (bicyclic) bond motifs is 1. The van der Waals surface area contributed by atoms with Crippen LogP contribution in [0.1, 0.15) is 48.3 Å². The van der Waals surface area contributed by atoms with E-state index in [0.29, 0.717) is 17.9 Å². The second kappa shape index (κ2) is 5.20. The molecular weight excluding hydrogens is 277 g/mol. The quantitative estimate of drug-likeness (QED) is 0.803. The Bertz CT molecular complexity index is 643. The fraction of sp³-hybridized carbons (Fsp3) is 0.438. The summed E-state index contributed by atoms with van der Waals surface area (Å²) in [6.07, 6.45) is 0.259. The van der Waals surface area contributed by atoms with E-state index in [4.69, 9.17) is 0 Å². The van der Waals surface area contributed by atoms with Crippen molar-refractivity contribution in [2.75, 3.05) is 0 Å². The van der Waals surface area contributed by atoms with Gasteiger partial charge in [0.15, 0.2) is 0 Å². The standard InChI is InChI=1S/C16H17F3N2/c1-11-4-3-7-21-14(11)10-20-15(21)9-12-5-2-6-13(8-12)16(17,18)19/h2,5-6,8,10-11H,3-4,7,9H2,1H3. The number of benzene rings is 1. The van der Waals surface area contributed by atoms with Crippen molar-refractivity contribution in [2.45, 2.75) is 44.8 Å². The van der Waals surface area contributed by atoms with Gasteiger partial charge in [0.2, 0.25) is 0 Å². The Morgan fingerprint density at radius 3 is 2.90 bits per heavy atom. The zero-order chi connectivity index (χ0) is 15.0. The number of imidazole rings is 1. The molecule has 1 unspecified atom stereocenters. The van der Waals surface area contributed by atoms with Crippen molar-refractivity contribution in [1.82, 2.24) is 9.55 Å². The van der Waals surface area contributed by atoms with E-state index in [1.807, 2.05) is 6.20 Å². The molecule has 21 heavy (non-hydrogen) atoms. The Labute approximate surface area is 121 Å². The lowest BCUT2D eigenvalue weighted by molar-refractivity contribution is -0.137. The summed E-state index contributed by atoms with van der Waals surface area (Å²) in [4.78, 5) is 4.42. The number of hydrogen-bond acceptors (Lipinski definition) is 1. The lowest BCUT2D eigenvalue weighted by atomic mass is 9.98. The third kappa shape index (κ3) is 2.82. The molecule has 0 fully saturated rings. The first-order valence-corrected chi connectivity index (χ1v) is 7.15. The Hall–Kier alpha value is -1.78. The Morgan fingerprint density at radius 2 is 2.14 bits per heavy atom. The van der Waals surface area contributed by atoms with Gasteiger partial charge in [-0.1, -0.05) is 25.1 Å². The minimum atomic E-state index is -4.30. The zero-order valence-electron chi connectivity index (χ0n) is 11.8. The summed E-state index contributed by atoms with van der Waals surface area (Å²) < 4.78 is 40.4. The molecule has 112 valence electrons. The summed E-state index contributed by atoms with van der Waals surface area (Å²) in [7, 11) is 0. The van der Waals surface area contributed by atoms with Gasteiger partial charge in [0.25, 0.3) is 0 Å². The van der Waals surface area contributed by atoms with Crippen LogP contribution in [0.4, 0.5) is 13.2 Å². The van der Waals surface area contributed by atoms with Crippen LogP contribution in [-0.2, 0) is 19.1 Å². The van der Waals surface area contributed by atoms with Crippen LogP contribution in [0.15, 0.2) is 30.5 Å². The highest BCUT2D eigenvalue weighted by Gasteiger charge is 2.30. The van der Waals surface area contributed by atoms with Gasteiger partial charge in [0, 0.05) is 24.9 Å². The van der Waals surface area contributed by atoms with Gasteiger partial charge in [-0.25, -0.2) is 4.98 Å². The van der Waals surface area contributed by atoms with Crippen molar-refractivity contribution in [3.05, 3.63) is 53.1 Å². The number of halogens is 3. The molecule has 0 aliphatic carbocycles. The van der Waals surface area contributed by atoms with Crippen LogP contribution in [-0.4, -0.2) is 9.55 Å². The molecule has 1 aliphatic rings. The van der Waals surface area contributed by atoms with Crippen LogP contribution < -0.4 is 0 Å². The number of alkyl halides is 3. The van der Waals surface area contributed by atoms with Crippen LogP contribution in [0.3, 0.4) is 0 Å². The van der Waals surface area contributed by atoms with E-state index >= 15 is 0 Å². The highest BCUT2D eigenvalue weighted by atomic mass is 19.4. The summed E-state index contributed by atoms with van der Waals surface area (Å²) in [5.41, 5.74) is 1.25. The van der Waals surface area contributed by atoms with Crippen molar-refractivity contribution in [3.63, 3.8) is 0 Å². The number of rotatable bonds is 2. The van der Waals surface area contributed by atoms with Gasteiger partial charge in [0.1, 0.15) is 5.82 Å². The van der Waals surface area contributed by atoms with E-state index < -0.39 is 11.7 Å². The molecule has 0 saturated carbocycles. The molecule has 0 radical (unpaired) electrons. The molecule has 0 spiro atoms. The number of aromatic nitrogens is 2. The summed E-state index contributed by atoms with van der Waals surface area (Å²) in [5.74, 6) is 1.33. The number of hydrogen-bond donors (Lipinski definition) is 0. The minimum absolute atomic E-state index is 0.441. The van der Waals surface area contributed by atoms with Gasteiger partial charge in [-0.15, -0.1) is 0 Å². The first-order chi connectivity index (χ1) is 9.95. The zero-order valence-corrected chi connectivity index (χ0v) is 11.8. The van der Waals surface area contributed by atoms with Crippen molar-refractivity contribution in [1.29, 1.82) is 0 Å². The summed E-state index contributed by atoms with van der Waals surface area (Å²) in [6, 6.07) is 5.50. The average Bonchev–Trinajstić information content (AvgIpc) is 2.83. The second-order valence-corrected chi connectivity index (χ2v) is 5.67. The van der Waals surface area contributed by atoms with Gasteiger partial charge in [-0.05, 0) is 30.4 Å². The third-order valence-corrected chi connectivity index (χ3v) is 4.11. The second-order valence-electron chi connectivity index (χ2n) is 5.67. The van der Waals surface area contributed by atoms with Crippen LogP contribution in [0.25, 0.3) is 0 Å². The molecule has 0 amide bonds. The van der Waals surface area contributed by atoms with E-state index in [1.165, 1.54) is 17.8 Å². The first-order valence-electron chi connectivity index (χ1n) is 7.15. The van der Waals surface area contributed by atoms with E-state index in [0.717, 1.165) is 31.3 Å². The van der Waals surface area contributed by atoms with E-state index in [9.17, 15) is 13.2 Å². The fourth-order valence-corrected chi connectivity index (χ4v) is 2.97. The third-order valence-electron chi connectivity index (χ3n) is 4.11. The van der Waals surface area contributed by atoms with Gasteiger partial charge in [-0.2, -0.15) is 13.2 Å². The Morgan fingerprint density at radius 1 is 1.33 bits per heavy atom. The highest BCUT2D eigenvalue weighted by Crippen LogP contribution is 2.31. The molecule has 1 aromatic carbocycles. The fourth-order valence-electron chi connectivity index (χ4n) is 2.97. The van der Waals surface area contributed by atoms with Crippen molar-refractivity contribution in [3.8, 4) is 0 Å². The first kappa shape index (κ1) is 14.2. The monoisotopic (exact) mass is 294 g/mol. The summed E-state index contributed by atoms with van der Waals surface area (Å²) in [6.45, 7) is 3.08. The van der Waals surface area contributed by atoms with Gasteiger partial charge < -0.3 is 4.57 Å². The van der Waals surface area contributed by atoms with Gasteiger partial charge in [0.05, 0.1) is 5.56 Å². The lowest BCUT2D eigenvalue weighted by Gasteiger charge is -2.22. The smallest absolute Gasteiger partial charge is 0.332 e. The van der Waals surface area contributed by atoms with Crippen LogP contribution in [0.5, 0.6) is 0 Å². The molecule has 2 nitrogen and oxygen atoms in total. The molecule has 2 aromatic rings. The van der Waals surface area contributed by atoms with Crippen molar-refractivity contribution < 1.29 is 13.2 Å². The predicted molar refractivity (Wildman–Crippen MR) is 74.1 cm³/mol. The molecule has 2 heterocycles. The van der Waals surface area contributed by atoms with E-state index in [-0.39, 0.29) is 0 Å². The molecule has 1 aromatic heterocycles. The Balaban J connectivity index is 1.88. The highest BCUT2D eigenvalue weighted by molar-refractivity contribution is 5.28. The van der Waals surface area contributed by atoms with Crippen LogP contribution in [0, 0.1) is 0 Å². The average molecular weight is 294 g/mol. The molecular formula is C16H17F3N2. The topological polar surface area (TPSA) is 17.8 Å². The Kier molecular flexibility index (Phi) is 3.51. The summed E-state index contributed by atoms with van der Waals surface area (Å²) in [5, 5.41) is 0. The molecule has 0 bridgehead atoms. The maximum absolute atomic E-state index is 12.8. The molecule has 1 aliphatic heterocycles. The molecule has 5 heteroatoms. The van der Waals surface area contributed by atoms with E-state index in [2.05, 4.69) is 16.5 Å². The van der Waals surface area contributed by atoms with Gasteiger partial charge in [-0.3, -0.25) is 0 Å². The molecule has 0 N–H and O–H groups in total. The maximum atomic E-state index is 12.8. The maximum Gasteiger partial charge on any atom is 0.416 e. The molecule has 1 atom stereocenters. The van der Waals surface area contributed by atoms with Gasteiger partial charge >= 0.3 is 6.18 Å². The molecule has 0 saturated heterocycles. The van der Waals surface area contributed by atoms with Crippen LogP contribution in [0.2, 0.25) is 0 Å². The van der Waals surface area contributed by atoms with Crippen molar-refractivity contribution >= 4 is 0 Å². The normalized spacial score (nSPS) is 18.6. The predicted octanol–water partition coefficient (Wildman–Crippen LogP) is 4.39. The SMILES string of the molecule is CC1CCCn2c1cnc2Cc1cccc(C(F)(F)F)c1. The summed E-state index contributed by atoms with van der Waals surface area (Å²) >= 11 is 0. The molecule has 3 rings (SSSR count). The lowest BCUT2D eigenvalue weighted by Crippen LogP contribution is -2.15. The number of nitrogens with zero attached hydrogens (tertiary/aromatic N) is 2. The van der Waals surface area contributed by atoms with E-state index in [1.54, 1.807) is 6.07 Å². The largest absolute Gasteiger partial charge is 0.416 e. The van der Waals surface area contributed by atoms with Crippen molar-refractivity contribution in [2.24, 2.45) is 0 Å². The minimum Gasteiger partial charge on any atom is -0.332 e.